The van der Waals surface area contributed by atoms with E-state index in [-0.39, 0.29) is 19.1 Å². The van der Waals surface area contributed by atoms with E-state index in [0.717, 1.165) is 14.5 Å². The Labute approximate surface area is 168 Å². The lowest BCUT2D eigenvalue weighted by Crippen LogP contribution is -2.35. The normalized spacial score (nSPS) is 10.2. The number of aryl methyl sites for hydroxylation is 1. The SMILES string of the molecule is COc1ccc(C)cc1NC(=O)CNC(=O)COc1c(Br)cccc1Br. The van der Waals surface area contributed by atoms with Gasteiger partial charge in [-0.3, -0.25) is 9.59 Å². The van der Waals surface area contributed by atoms with Gasteiger partial charge >= 0.3 is 0 Å². The monoisotopic (exact) mass is 484 g/mol. The summed E-state index contributed by atoms with van der Waals surface area (Å²) < 4.78 is 12.1. The van der Waals surface area contributed by atoms with E-state index in [1.165, 1.54) is 7.11 Å². The molecule has 0 aliphatic heterocycles. The van der Waals surface area contributed by atoms with Gasteiger partial charge in [-0.15, -0.1) is 0 Å². The number of nitrogens with one attached hydrogen (secondary N) is 2. The summed E-state index contributed by atoms with van der Waals surface area (Å²) in [5.41, 5.74) is 1.54. The molecule has 0 saturated heterocycles. The van der Waals surface area contributed by atoms with Crippen LogP contribution in [0.2, 0.25) is 0 Å². The summed E-state index contributed by atoms with van der Waals surface area (Å²) in [5.74, 6) is 0.317. The summed E-state index contributed by atoms with van der Waals surface area (Å²) in [4.78, 5) is 23.9. The molecule has 0 aliphatic carbocycles. The fraction of sp³-hybridized carbons (Fsp3) is 0.222. The summed E-state index contributed by atoms with van der Waals surface area (Å²) in [6.07, 6.45) is 0. The van der Waals surface area contributed by atoms with Crippen LogP contribution in [0.4, 0.5) is 5.69 Å². The molecule has 26 heavy (non-hydrogen) atoms. The van der Waals surface area contributed by atoms with Gasteiger partial charge in [0.2, 0.25) is 5.91 Å². The Hall–Kier alpha value is -2.06. The van der Waals surface area contributed by atoms with Gasteiger partial charge in [0, 0.05) is 0 Å². The van der Waals surface area contributed by atoms with Crippen molar-refractivity contribution in [1.29, 1.82) is 0 Å². The van der Waals surface area contributed by atoms with E-state index in [9.17, 15) is 9.59 Å². The number of para-hydroxylation sites is 1. The lowest BCUT2D eigenvalue weighted by Gasteiger charge is -2.12. The van der Waals surface area contributed by atoms with Crippen molar-refractivity contribution in [2.75, 3.05) is 25.6 Å². The van der Waals surface area contributed by atoms with E-state index < -0.39 is 5.91 Å². The van der Waals surface area contributed by atoms with E-state index in [4.69, 9.17) is 9.47 Å². The number of hydrogen-bond acceptors (Lipinski definition) is 4. The van der Waals surface area contributed by atoms with Crippen LogP contribution in [0.5, 0.6) is 11.5 Å². The van der Waals surface area contributed by atoms with Crippen LogP contribution in [0.1, 0.15) is 5.56 Å². The molecule has 0 unspecified atom stereocenters. The van der Waals surface area contributed by atoms with Crippen LogP contribution in [0, 0.1) is 6.92 Å². The molecule has 2 rings (SSSR count). The number of carbonyl (C=O) groups is 2. The first-order valence-electron chi connectivity index (χ1n) is 7.68. The van der Waals surface area contributed by atoms with Gasteiger partial charge in [0.05, 0.1) is 28.3 Å². The second-order valence-electron chi connectivity index (χ2n) is 5.37. The van der Waals surface area contributed by atoms with Crippen LogP contribution in [0.25, 0.3) is 0 Å². The molecule has 0 spiro atoms. The Morgan fingerprint density at radius 3 is 2.42 bits per heavy atom. The quantitative estimate of drug-likeness (QED) is 0.627. The first-order valence-corrected chi connectivity index (χ1v) is 9.27. The lowest BCUT2D eigenvalue weighted by molar-refractivity contribution is -0.125. The van der Waals surface area contributed by atoms with Crippen molar-refractivity contribution in [1.82, 2.24) is 5.32 Å². The van der Waals surface area contributed by atoms with Gasteiger partial charge in [-0.25, -0.2) is 0 Å². The summed E-state index contributed by atoms with van der Waals surface area (Å²) in [6, 6.07) is 10.9. The summed E-state index contributed by atoms with van der Waals surface area (Å²) >= 11 is 6.71. The van der Waals surface area contributed by atoms with Gasteiger partial charge in [-0.1, -0.05) is 12.1 Å². The Kier molecular flexibility index (Phi) is 7.47. The summed E-state index contributed by atoms with van der Waals surface area (Å²) in [7, 11) is 1.53. The average molecular weight is 486 g/mol. The van der Waals surface area contributed by atoms with E-state index in [1.807, 2.05) is 19.1 Å². The fourth-order valence-electron chi connectivity index (χ4n) is 2.10. The van der Waals surface area contributed by atoms with Gasteiger partial charge in [-0.05, 0) is 68.6 Å². The van der Waals surface area contributed by atoms with Gasteiger partial charge in [-0.2, -0.15) is 0 Å². The molecular formula is C18H18Br2N2O4. The molecule has 0 aromatic heterocycles. The molecule has 2 N–H and O–H groups in total. The number of rotatable bonds is 7. The predicted molar refractivity (Wildman–Crippen MR) is 107 cm³/mol. The third-order valence-corrected chi connectivity index (χ3v) is 4.59. The number of halogens is 2. The predicted octanol–water partition coefficient (Wildman–Crippen LogP) is 3.66. The highest BCUT2D eigenvalue weighted by atomic mass is 79.9. The first kappa shape index (κ1) is 20.3. The standard InChI is InChI=1S/C18H18Br2N2O4/c1-11-6-7-15(25-2)14(8-11)22-16(23)9-21-17(24)10-26-18-12(19)4-3-5-13(18)20/h3-8H,9-10H2,1-2H3,(H,21,24)(H,22,23). The number of amides is 2. The van der Waals surface area contributed by atoms with Crippen molar-refractivity contribution in [3.05, 3.63) is 50.9 Å². The zero-order valence-electron chi connectivity index (χ0n) is 14.3. The molecule has 0 radical (unpaired) electrons. The smallest absolute Gasteiger partial charge is 0.258 e. The number of ether oxygens (including phenoxy) is 2. The molecule has 0 aliphatic rings. The third-order valence-electron chi connectivity index (χ3n) is 3.34. The largest absolute Gasteiger partial charge is 0.495 e. The summed E-state index contributed by atoms with van der Waals surface area (Å²) in [5, 5.41) is 5.23. The number of hydrogen-bond donors (Lipinski definition) is 2. The number of benzene rings is 2. The van der Waals surface area contributed by atoms with Crippen molar-refractivity contribution in [3.8, 4) is 11.5 Å². The maximum absolute atomic E-state index is 12.0. The van der Waals surface area contributed by atoms with Gasteiger partial charge in [0.15, 0.2) is 6.61 Å². The highest BCUT2D eigenvalue weighted by Crippen LogP contribution is 2.32. The maximum atomic E-state index is 12.0. The van der Waals surface area contributed by atoms with Crippen molar-refractivity contribution in [2.24, 2.45) is 0 Å². The first-order chi connectivity index (χ1) is 12.4. The van der Waals surface area contributed by atoms with Crippen LogP contribution in [-0.4, -0.2) is 32.1 Å². The van der Waals surface area contributed by atoms with Gasteiger partial charge in [0.1, 0.15) is 11.5 Å². The average Bonchev–Trinajstić information content (AvgIpc) is 2.60. The van der Waals surface area contributed by atoms with Crippen LogP contribution < -0.4 is 20.1 Å². The Morgan fingerprint density at radius 2 is 1.77 bits per heavy atom. The second kappa shape index (κ2) is 9.59. The molecule has 0 bridgehead atoms. The zero-order chi connectivity index (χ0) is 19.1. The Morgan fingerprint density at radius 1 is 1.08 bits per heavy atom. The van der Waals surface area contributed by atoms with Gasteiger partial charge in [0.25, 0.3) is 5.91 Å². The van der Waals surface area contributed by atoms with E-state index in [2.05, 4.69) is 42.5 Å². The Bertz CT molecular complexity index is 792. The van der Waals surface area contributed by atoms with Crippen molar-refractivity contribution < 1.29 is 19.1 Å². The van der Waals surface area contributed by atoms with Crippen molar-refractivity contribution in [3.63, 3.8) is 0 Å². The highest BCUT2D eigenvalue weighted by molar-refractivity contribution is 9.11. The molecular weight excluding hydrogens is 468 g/mol. The second-order valence-corrected chi connectivity index (χ2v) is 7.08. The minimum Gasteiger partial charge on any atom is -0.495 e. The molecule has 2 aromatic rings. The van der Waals surface area contributed by atoms with Gasteiger partial charge < -0.3 is 20.1 Å². The van der Waals surface area contributed by atoms with Crippen molar-refractivity contribution in [2.45, 2.75) is 6.92 Å². The maximum Gasteiger partial charge on any atom is 0.258 e. The molecule has 0 saturated carbocycles. The minimum atomic E-state index is -0.404. The van der Waals surface area contributed by atoms with Crippen LogP contribution in [0.15, 0.2) is 45.3 Å². The molecule has 2 amide bonds. The summed E-state index contributed by atoms with van der Waals surface area (Å²) in [6.45, 7) is 1.53. The van der Waals surface area contributed by atoms with Crippen LogP contribution >= 0.6 is 31.9 Å². The number of methoxy groups -OCH3 is 1. The molecule has 6 nitrogen and oxygen atoms in total. The number of anilines is 1. The molecule has 8 heteroatoms. The lowest BCUT2D eigenvalue weighted by atomic mass is 10.2. The topological polar surface area (TPSA) is 76.7 Å². The Balaban J connectivity index is 1.84. The molecule has 0 atom stereocenters. The van der Waals surface area contributed by atoms with Crippen LogP contribution in [0.3, 0.4) is 0 Å². The molecule has 0 heterocycles. The molecule has 2 aromatic carbocycles. The van der Waals surface area contributed by atoms with Crippen LogP contribution in [-0.2, 0) is 9.59 Å². The highest BCUT2D eigenvalue weighted by Gasteiger charge is 2.12. The molecule has 0 fully saturated rings. The third kappa shape index (κ3) is 5.74. The number of carbonyl (C=O) groups excluding carboxylic acids is 2. The van der Waals surface area contributed by atoms with E-state index in [0.29, 0.717) is 17.2 Å². The zero-order valence-corrected chi connectivity index (χ0v) is 17.4. The molecule has 138 valence electrons. The fourth-order valence-corrected chi connectivity index (χ4v) is 3.33. The van der Waals surface area contributed by atoms with Crippen molar-refractivity contribution >= 4 is 49.4 Å². The van der Waals surface area contributed by atoms with E-state index >= 15 is 0 Å². The van der Waals surface area contributed by atoms with E-state index in [1.54, 1.807) is 24.3 Å². The minimum absolute atomic E-state index is 0.170.